The van der Waals surface area contributed by atoms with Crippen molar-refractivity contribution in [2.75, 3.05) is 6.54 Å². The van der Waals surface area contributed by atoms with Gasteiger partial charge in [-0.1, -0.05) is 12.1 Å². The predicted molar refractivity (Wildman–Crippen MR) is 95.9 cm³/mol. The fourth-order valence-corrected chi connectivity index (χ4v) is 2.54. The first-order valence-corrected chi connectivity index (χ1v) is 8.44. The van der Waals surface area contributed by atoms with E-state index >= 15 is 0 Å². The number of aromatic hydroxyl groups is 1. The molecule has 1 heterocycles. The number of rotatable bonds is 4. The van der Waals surface area contributed by atoms with E-state index in [9.17, 15) is 23.1 Å². The van der Waals surface area contributed by atoms with Crippen molar-refractivity contribution >= 4 is 19.1 Å². The number of hydrogen-bond acceptors (Lipinski definition) is 4. The molecule has 0 aliphatic carbocycles. The highest BCUT2D eigenvalue weighted by Crippen LogP contribution is 2.40. The van der Waals surface area contributed by atoms with Crippen LogP contribution in [-0.4, -0.2) is 35.9 Å². The van der Waals surface area contributed by atoms with Crippen LogP contribution in [0.2, 0.25) is 0 Å². The van der Waals surface area contributed by atoms with E-state index in [1.165, 1.54) is 19.1 Å². The lowest BCUT2D eigenvalue weighted by molar-refractivity contribution is -0.137. The van der Waals surface area contributed by atoms with Gasteiger partial charge in [0.15, 0.2) is 0 Å². The lowest BCUT2D eigenvalue weighted by atomic mass is 9.76. The van der Waals surface area contributed by atoms with Gasteiger partial charge in [-0.2, -0.15) is 13.2 Å². The Morgan fingerprint density at radius 3 is 2.26 bits per heavy atom. The number of carbonyl (C=O) groups is 1. The average Bonchev–Trinajstić information content (AvgIpc) is 2.71. The Bertz CT molecular complexity index is 743. The number of nitrogens with one attached hydrogen (secondary N) is 1. The molecule has 0 radical (unpaired) electrons. The SMILES string of the molecule is CC(=O)NCC(=Cc1ccc(O)cc1C(F)(F)F)B1OC(C)(C)C(C)(C)O1. The van der Waals surface area contributed by atoms with Crippen LogP contribution in [0.4, 0.5) is 13.2 Å². The van der Waals surface area contributed by atoms with Crippen LogP contribution in [0.5, 0.6) is 5.75 Å². The Morgan fingerprint density at radius 2 is 1.78 bits per heavy atom. The number of hydrogen-bond donors (Lipinski definition) is 2. The molecule has 148 valence electrons. The molecule has 1 aromatic rings. The van der Waals surface area contributed by atoms with Crippen molar-refractivity contribution in [2.24, 2.45) is 0 Å². The van der Waals surface area contributed by atoms with Gasteiger partial charge in [0.25, 0.3) is 0 Å². The van der Waals surface area contributed by atoms with Crippen LogP contribution in [0.25, 0.3) is 6.08 Å². The summed E-state index contributed by atoms with van der Waals surface area (Å²) in [6, 6.07) is 2.99. The third-order valence-corrected chi connectivity index (χ3v) is 4.78. The fourth-order valence-electron chi connectivity index (χ4n) is 2.54. The highest BCUT2D eigenvalue weighted by atomic mass is 19.4. The van der Waals surface area contributed by atoms with Crippen molar-refractivity contribution in [3.63, 3.8) is 0 Å². The Hall–Kier alpha value is -2.00. The normalized spacial score (nSPS) is 19.3. The molecule has 0 unspecified atom stereocenters. The second kappa shape index (κ2) is 7.20. The summed E-state index contributed by atoms with van der Waals surface area (Å²) < 4.78 is 51.8. The summed E-state index contributed by atoms with van der Waals surface area (Å²) in [6.07, 6.45) is -3.38. The van der Waals surface area contributed by atoms with E-state index in [0.717, 1.165) is 6.07 Å². The Kier molecular flexibility index (Phi) is 5.68. The molecule has 1 fully saturated rings. The molecule has 1 amide bonds. The number of alkyl halides is 3. The molecule has 5 nitrogen and oxygen atoms in total. The monoisotopic (exact) mass is 385 g/mol. The van der Waals surface area contributed by atoms with Gasteiger partial charge < -0.3 is 19.7 Å². The predicted octanol–water partition coefficient (Wildman–Crippen LogP) is 3.56. The Balaban J connectivity index is 2.48. The maximum Gasteiger partial charge on any atom is 0.492 e. The van der Waals surface area contributed by atoms with Crippen LogP contribution in [0.1, 0.15) is 45.7 Å². The molecule has 2 N–H and O–H groups in total. The molecule has 1 aliphatic heterocycles. The molecule has 1 saturated heterocycles. The molecular formula is C18H23BF3NO4. The minimum absolute atomic E-state index is 0.0374. The van der Waals surface area contributed by atoms with Gasteiger partial charge in [-0.3, -0.25) is 4.79 Å². The zero-order chi connectivity index (χ0) is 20.6. The average molecular weight is 385 g/mol. The number of amides is 1. The van der Waals surface area contributed by atoms with E-state index in [2.05, 4.69) is 5.32 Å². The Labute approximate surface area is 156 Å². The summed E-state index contributed by atoms with van der Waals surface area (Å²) in [7, 11) is -0.920. The summed E-state index contributed by atoms with van der Waals surface area (Å²) in [5.41, 5.74) is -2.18. The minimum atomic E-state index is -4.65. The molecule has 0 aromatic heterocycles. The van der Waals surface area contributed by atoms with Gasteiger partial charge >= 0.3 is 13.3 Å². The molecule has 1 aliphatic rings. The van der Waals surface area contributed by atoms with Crippen molar-refractivity contribution < 1.29 is 32.4 Å². The lowest BCUT2D eigenvalue weighted by Crippen LogP contribution is -2.41. The fraction of sp³-hybridized carbons (Fsp3) is 0.500. The summed E-state index contributed by atoms with van der Waals surface area (Å²) >= 11 is 0. The van der Waals surface area contributed by atoms with Gasteiger partial charge in [0, 0.05) is 13.5 Å². The molecular weight excluding hydrogens is 362 g/mol. The first kappa shape index (κ1) is 21.3. The van der Waals surface area contributed by atoms with Crippen LogP contribution in [0.15, 0.2) is 23.7 Å². The topological polar surface area (TPSA) is 67.8 Å². The molecule has 0 bridgehead atoms. The molecule has 27 heavy (non-hydrogen) atoms. The summed E-state index contributed by atoms with van der Waals surface area (Å²) in [4.78, 5) is 11.3. The van der Waals surface area contributed by atoms with E-state index in [0.29, 0.717) is 11.5 Å². The lowest BCUT2D eigenvalue weighted by Gasteiger charge is -2.32. The van der Waals surface area contributed by atoms with Crippen molar-refractivity contribution in [3.05, 3.63) is 34.8 Å². The third kappa shape index (κ3) is 4.84. The van der Waals surface area contributed by atoms with Crippen molar-refractivity contribution in [3.8, 4) is 5.75 Å². The molecule has 2 rings (SSSR count). The number of halogens is 3. The van der Waals surface area contributed by atoms with Crippen LogP contribution in [0, 0.1) is 0 Å². The van der Waals surface area contributed by atoms with Crippen molar-refractivity contribution in [1.29, 1.82) is 0 Å². The zero-order valence-corrected chi connectivity index (χ0v) is 15.9. The van der Waals surface area contributed by atoms with Crippen molar-refractivity contribution in [1.82, 2.24) is 5.32 Å². The smallest absolute Gasteiger partial charge is 0.492 e. The van der Waals surface area contributed by atoms with Gasteiger partial charge in [0.1, 0.15) is 5.75 Å². The highest BCUT2D eigenvalue weighted by molar-refractivity contribution is 6.56. The van der Waals surface area contributed by atoms with Crippen LogP contribution >= 0.6 is 0 Å². The number of phenolic OH excluding ortho intramolecular Hbond substituents is 1. The molecule has 0 spiro atoms. The third-order valence-electron chi connectivity index (χ3n) is 4.78. The largest absolute Gasteiger partial charge is 0.508 e. The van der Waals surface area contributed by atoms with Gasteiger partial charge in [0.05, 0.1) is 16.8 Å². The molecule has 0 atom stereocenters. The molecule has 9 heteroatoms. The van der Waals surface area contributed by atoms with Gasteiger partial charge in [-0.05, 0) is 50.9 Å². The number of phenols is 1. The quantitative estimate of drug-likeness (QED) is 0.778. The minimum Gasteiger partial charge on any atom is -0.508 e. The second-order valence-electron chi connectivity index (χ2n) is 7.49. The maximum atomic E-state index is 13.3. The second-order valence-corrected chi connectivity index (χ2v) is 7.49. The summed E-state index contributed by atoms with van der Waals surface area (Å²) in [6.45, 7) is 8.57. The van der Waals surface area contributed by atoms with Gasteiger partial charge in [0.2, 0.25) is 5.91 Å². The first-order valence-electron chi connectivity index (χ1n) is 8.44. The summed E-state index contributed by atoms with van der Waals surface area (Å²) in [5, 5.41) is 12.0. The van der Waals surface area contributed by atoms with E-state index < -0.39 is 35.8 Å². The maximum absolute atomic E-state index is 13.3. The van der Waals surface area contributed by atoms with E-state index in [4.69, 9.17) is 9.31 Å². The van der Waals surface area contributed by atoms with Gasteiger partial charge in [-0.15, -0.1) is 0 Å². The standard InChI is InChI=1S/C18H23BF3NO4/c1-11(24)23-10-13(19-26-16(2,3)17(4,5)27-19)8-12-6-7-14(25)9-15(12)18(20,21)22/h6-9,25H,10H2,1-5H3,(H,23,24). The van der Waals surface area contributed by atoms with E-state index in [-0.39, 0.29) is 18.0 Å². The molecule has 0 saturated carbocycles. The summed E-state index contributed by atoms with van der Waals surface area (Å²) in [5.74, 6) is -0.822. The number of carbonyl (C=O) groups excluding carboxylic acids is 1. The van der Waals surface area contributed by atoms with Gasteiger partial charge in [-0.25, -0.2) is 0 Å². The van der Waals surface area contributed by atoms with E-state index in [1.807, 2.05) is 27.7 Å². The molecule has 1 aromatic carbocycles. The van der Waals surface area contributed by atoms with Crippen LogP contribution in [-0.2, 0) is 20.3 Å². The zero-order valence-electron chi connectivity index (χ0n) is 15.9. The van der Waals surface area contributed by atoms with Crippen molar-refractivity contribution in [2.45, 2.75) is 52.0 Å². The Morgan fingerprint density at radius 1 is 1.22 bits per heavy atom. The first-order chi connectivity index (χ1) is 12.2. The van der Waals surface area contributed by atoms with Crippen LogP contribution in [0.3, 0.4) is 0 Å². The van der Waals surface area contributed by atoms with Crippen LogP contribution < -0.4 is 5.32 Å². The van der Waals surface area contributed by atoms with E-state index in [1.54, 1.807) is 0 Å². The highest BCUT2D eigenvalue weighted by Gasteiger charge is 2.52. The number of benzene rings is 1.